The summed E-state index contributed by atoms with van der Waals surface area (Å²) in [4.78, 5) is 11.6. The fourth-order valence-corrected chi connectivity index (χ4v) is 3.07. The molecule has 0 radical (unpaired) electrons. The minimum Gasteiger partial charge on any atom is -0.469 e. The molecular weight excluding hydrogens is 228 g/mol. The van der Waals surface area contributed by atoms with Gasteiger partial charge in [0.05, 0.1) is 18.3 Å². The van der Waals surface area contributed by atoms with Crippen LogP contribution in [0, 0.1) is 5.41 Å². The summed E-state index contributed by atoms with van der Waals surface area (Å²) in [7, 11) is 5.25. The minimum absolute atomic E-state index is 0.143. The third-order valence-corrected chi connectivity index (χ3v) is 3.56. The quantitative estimate of drug-likeness (QED) is 0.542. The average molecular weight is 241 g/mol. The van der Waals surface area contributed by atoms with Gasteiger partial charge in [-0.15, -0.1) is 0 Å². The van der Waals surface area contributed by atoms with Crippen molar-refractivity contribution in [3.05, 3.63) is 0 Å². The van der Waals surface area contributed by atoms with Crippen LogP contribution >= 0.6 is 10.7 Å². The Kier molecular flexibility index (Phi) is 4.34. The largest absolute Gasteiger partial charge is 0.469 e. The number of hydrogen-bond acceptors (Lipinski definition) is 4. The van der Waals surface area contributed by atoms with Crippen molar-refractivity contribution in [1.82, 2.24) is 0 Å². The standard InChI is InChI=1S/C8H13ClO4S/c1-12-7(10)8(6-14(9)11)2-4-13-5-3-8/h2-6H2,1H3. The Morgan fingerprint density at radius 2 is 2.14 bits per heavy atom. The van der Waals surface area contributed by atoms with Crippen molar-refractivity contribution in [2.24, 2.45) is 5.41 Å². The molecule has 1 aliphatic heterocycles. The maximum absolute atomic E-state index is 11.6. The first kappa shape index (κ1) is 11.9. The molecule has 0 aromatic heterocycles. The van der Waals surface area contributed by atoms with Gasteiger partial charge in [-0.1, -0.05) is 0 Å². The summed E-state index contributed by atoms with van der Waals surface area (Å²) in [6.07, 6.45) is 1.05. The van der Waals surface area contributed by atoms with Crippen molar-refractivity contribution in [3.63, 3.8) is 0 Å². The lowest BCUT2D eigenvalue weighted by Gasteiger charge is -2.32. The molecule has 1 rings (SSSR count). The van der Waals surface area contributed by atoms with E-state index in [1.807, 2.05) is 0 Å². The number of hydrogen-bond donors (Lipinski definition) is 0. The topological polar surface area (TPSA) is 52.6 Å². The van der Waals surface area contributed by atoms with E-state index in [2.05, 4.69) is 0 Å². The monoisotopic (exact) mass is 240 g/mol. The van der Waals surface area contributed by atoms with Crippen LogP contribution in [0.4, 0.5) is 0 Å². The SMILES string of the molecule is COC(=O)C1(CS(=O)Cl)CCOCC1. The number of carbonyl (C=O) groups excluding carboxylic acids is 1. The van der Waals surface area contributed by atoms with Gasteiger partial charge in [0, 0.05) is 13.2 Å². The molecule has 0 bridgehead atoms. The molecule has 1 fully saturated rings. The maximum Gasteiger partial charge on any atom is 0.312 e. The Labute approximate surface area is 89.9 Å². The molecule has 0 N–H and O–H groups in total. The van der Waals surface area contributed by atoms with Gasteiger partial charge in [-0.05, 0) is 23.5 Å². The molecule has 1 unspecified atom stereocenters. The highest BCUT2D eigenvalue weighted by atomic mass is 35.7. The molecule has 1 aliphatic rings. The van der Waals surface area contributed by atoms with Crippen LogP contribution in [0.3, 0.4) is 0 Å². The van der Waals surface area contributed by atoms with Gasteiger partial charge >= 0.3 is 5.97 Å². The van der Waals surface area contributed by atoms with Crippen LogP contribution in [0.25, 0.3) is 0 Å². The summed E-state index contributed by atoms with van der Waals surface area (Å²) in [5.41, 5.74) is -0.709. The van der Waals surface area contributed by atoms with Gasteiger partial charge in [0.1, 0.15) is 10.0 Å². The number of carbonyl (C=O) groups is 1. The Morgan fingerprint density at radius 1 is 1.57 bits per heavy atom. The molecule has 0 amide bonds. The average Bonchev–Trinajstić information content (AvgIpc) is 2.17. The van der Waals surface area contributed by atoms with E-state index in [0.29, 0.717) is 26.1 Å². The van der Waals surface area contributed by atoms with E-state index in [9.17, 15) is 9.00 Å². The van der Waals surface area contributed by atoms with E-state index in [1.54, 1.807) is 0 Å². The van der Waals surface area contributed by atoms with E-state index < -0.39 is 15.4 Å². The number of halogens is 1. The molecule has 0 saturated carbocycles. The lowest BCUT2D eigenvalue weighted by atomic mass is 9.82. The second-order valence-corrected chi connectivity index (χ2v) is 5.22. The van der Waals surface area contributed by atoms with Crippen molar-refractivity contribution in [3.8, 4) is 0 Å². The first-order valence-electron chi connectivity index (χ1n) is 4.31. The molecular formula is C8H13ClO4S. The Balaban J connectivity index is 2.76. The second-order valence-electron chi connectivity index (χ2n) is 3.32. The van der Waals surface area contributed by atoms with Crippen molar-refractivity contribution < 1.29 is 18.5 Å². The smallest absolute Gasteiger partial charge is 0.312 e. The maximum atomic E-state index is 11.6. The highest BCUT2D eigenvalue weighted by Crippen LogP contribution is 2.33. The van der Waals surface area contributed by atoms with E-state index in [4.69, 9.17) is 20.2 Å². The fraction of sp³-hybridized carbons (Fsp3) is 0.875. The Bertz CT molecular complexity index is 237. The lowest BCUT2D eigenvalue weighted by Crippen LogP contribution is -2.41. The van der Waals surface area contributed by atoms with Crippen LogP contribution < -0.4 is 0 Å². The molecule has 1 saturated heterocycles. The number of rotatable bonds is 3. The van der Waals surface area contributed by atoms with Gasteiger partial charge in [-0.25, -0.2) is 4.21 Å². The summed E-state index contributed by atoms with van der Waals surface area (Å²) in [5, 5.41) is 0. The van der Waals surface area contributed by atoms with Crippen molar-refractivity contribution >= 4 is 26.7 Å². The third kappa shape index (κ3) is 2.68. The molecule has 0 spiro atoms. The zero-order chi connectivity index (χ0) is 10.6. The molecule has 82 valence electrons. The van der Waals surface area contributed by atoms with Gasteiger partial charge in [-0.3, -0.25) is 4.79 Å². The number of ether oxygens (including phenoxy) is 2. The van der Waals surface area contributed by atoms with Gasteiger partial charge in [0.15, 0.2) is 0 Å². The van der Waals surface area contributed by atoms with Crippen molar-refractivity contribution in [2.75, 3.05) is 26.1 Å². The van der Waals surface area contributed by atoms with E-state index in [1.165, 1.54) is 7.11 Å². The van der Waals surface area contributed by atoms with Crippen LogP contribution in [-0.4, -0.2) is 36.3 Å². The van der Waals surface area contributed by atoms with Crippen molar-refractivity contribution in [2.45, 2.75) is 12.8 Å². The fourth-order valence-electron chi connectivity index (χ4n) is 1.60. The predicted molar refractivity (Wildman–Crippen MR) is 53.4 cm³/mol. The second kappa shape index (κ2) is 5.09. The van der Waals surface area contributed by atoms with E-state index in [0.717, 1.165) is 0 Å². The van der Waals surface area contributed by atoms with Gasteiger partial charge in [0.2, 0.25) is 0 Å². The Morgan fingerprint density at radius 3 is 2.57 bits per heavy atom. The third-order valence-electron chi connectivity index (χ3n) is 2.46. The summed E-state index contributed by atoms with van der Waals surface area (Å²) in [5.74, 6) is -0.195. The van der Waals surface area contributed by atoms with Crippen LogP contribution in [-0.2, 0) is 24.3 Å². The summed E-state index contributed by atoms with van der Waals surface area (Å²) < 4.78 is 20.8. The van der Waals surface area contributed by atoms with Crippen LogP contribution in [0.5, 0.6) is 0 Å². The molecule has 0 aliphatic carbocycles. The first-order valence-corrected chi connectivity index (χ1v) is 6.46. The predicted octanol–water partition coefficient (Wildman–Crippen LogP) is 0.859. The first-order chi connectivity index (χ1) is 6.60. The van der Waals surface area contributed by atoms with Gasteiger partial charge in [0.25, 0.3) is 0 Å². The molecule has 1 heterocycles. The molecule has 4 nitrogen and oxygen atoms in total. The van der Waals surface area contributed by atoms with E-state index >= 15 is 0 Å². The molecule has 0 aromatic carbocycles. The molecule has 0 aromatic rings. The highest BCUT2D eigenvalue weighted by molar-refractivity contribution is 8.08. The molecule has 1 atom stereocenters. The Hall–Kier alpha value is -0.130. The van der Waals surface area contributed by atoms with Crippen molar-refractivity contribution in [1.29, 1.82) is 0 Å². The van der Waals surface area contributed by atoms with E-state index in [-0.39, 0.29) is 11.7 Å². The summed E-state index contributed by atoms with van der Waals surface area (Å²) >= 11 is 0. The lowest BCUT2D eigenvalue weighted by molar-refractivity contribution is -0.156. The van der Waals surface area contributed by atoms with Gasteiger partial charge < -0.3 is 9.47 Å². The highest BCUT2D eigenvalue weighted by Gasteiger charge is 2.42. The molecule has 14 heavy (non-hydrogen) atoms. The van der Waals surface area contributed by atoms with Crippen LogP contribution in [0.1, 0.15) is 12.8 Å². The van der Waals surface area contributed by atoms with Gasteiger partial charge in [-0.2, -0.15) is 0 Å². The summed E-state index contributed by atoms with van der Waals surface area (Å²) in [6.45, 7) is 0.979. The number of methoxy groups -OCH3 is 1. The summed E-state index contributed by atoms with van der Waals surface area (Å²) in [6, 6.07) is 0. The number of esters is 1. The molecule has 6 heteroatoms. The normalized spacial score (nSPS) is 22.7. The van der Waals surface area contributed by atoms with Crippen LogP contribution in [0.2, 0.25) is 0 Å². The minimum atomic E-state index is -1.51. The zero-order valence-corrected chi connectivity index (χ0v) is 9.53. The van der Waals surface area contributed by atoms with Crippen LogP contribution in [0.15, 0.2) is 0 Å². The zero-order valence-electron chi connectivity index (χ0n) is 7.95.